The SMILES string of the molecule is CN(C)c1cccc(Cl)c1C(=O)CCN. The van der Waals surface area contributed by atoms with Gasteiger partial charge in [0, 0.05) is 26.2 Å². The van der Waals surface area contributed by atoms with Crippen LogP contribution in [0.4, 0.5) is 5.69 Å². The van der Waals surface area contributed by atoms with Crippen molar-refractivity contribution < 1.29 is 4.79 Å². The molecule has 0 amide bonds. The van der Waals surface area contributed by atoms with Crippen molar-refractivity contribution in [3.8, 4) is 0 Å². The molecule has 0 aliphatic heterocycles. The van der Waals surface area contributed by atoms with Gasteiger partial charge in [0.05, 0.1) is 10.6 Å². The van der Waals surface area contributed by atoms with Gasteiger partial charge in [0.15, 0.2) is 5.78 Å². The summed E-state index contributed by atoms with van der Waals surface area (Å²) in [7, 11) is 3.76. The highest BCUT2D eigenvalue weighted by atomic mass is 35.5. The average molecular weight is 227 g/mol. The quantitative estimate of drug-likeness (QED) is 0.799. The summed E-state index contributed by atoms with van der Waals surface area (Å²) in [5.41, 5.74) is 6.76. The van der Waals surface area contributed by atoms with Crippen molar-refractivity contribution >= 4 is 23.1 Å². The molecule has 0 fully saturated rings. The average Bonchev–Trinajstić information content (AvgIpc) is 2.17. The van der Waals surface area contributed by atoms with Gasteiger partial charge in [-0.15, -0.1) is 0 Å². The Morgan fingerprint density at radius 1 is 1.47 bits per heavy atom. The Bertz CT molecular complexity index is 364. The number of Topliss-reactive ketones (excluding diaryl/α,β-unsaturated/α-hetero) is 1. The van der Waals surface area contributed by atoms with Gasteiger partial charge in [0.2, 0.25) is 0 Å². The molecule has 1 aromatic rings. The van der Waals surface area contributed by atoms with Gasteiger partial charge in [-0.2, -0.15) is 0 Å². The maximum atomic E-state index is 11.8. The van der Waals surface area contributed by atoms with Crippen molar-refractivity contribution in [3.63, 3.8) is 0 Å². The van der Waals surface area contributed by atoms with E-state index in [1.165, 1.54) is 0 Å². The molecule has 0 spiro atoms. The fourth-order valence-corrected chi connectivity index (χ4v) is 1.69. The Balaban J connectivity index is 3.18. The number of carbonyl (C=O) groups is 1. The highest BCUT2D eigenvalue weighted by Crippen LogP contribution is 2.27. The van der Waals surface area contributed by atoms with E-state index in [1.54, 1.807) is 6.07 Å². The van der Waals surface area contributed by atoms with Crippen molar-refractivity contribution in [1.82, 2.24) is 0 Å². The molecule has 0 bridgehead atoms. The van der Waals surface area contributed by atoms with Crippen molar-refractivity contribution in [2.24, 2.45) is 5.73 Å². The number of nitrogens with two attached hydrogens (primary N) is 1. The molecule has 0 saturated heterocycles. The molecule has 0 atom stereocenters. The second kappa shape index (κ2) is 5.14. The van der Waals surface area contributed by atoms with Crippen LogP contribution in [0.2, 0.25) is 5.02 Å². The van der Waals surface area contributed by atoms with E-state index in [2.05, 4.69) is 0 Å². The lowest BCUT2D eigenvalue weighted by Crippen LogP contribution is -2.16. The first-order valence-electron chi connectivity index (χ1n) is 4.77. The van der Waals surface area contributed by atoms with E-state index in [-0.39, 0.29) is 5.78 Å². The van der Waals surface area contributed by atoms with Gasteiger partial charge in [-0.05, 0) is 18.7 Å². The molecule has 0 unspecified atom stereocenters. The first kappa shape index (κ1) is 12.0. The van der Waals surface area contributed by atoms with Crippen molar-refractivity contribution in [3.05, 3.63) is 28.8 Å². The maximum absolute atomic E-state index is 11.8. The van der Waals surface area contributed by atoms with Crippen molar-refractivity contribution in [2.75, 3.05) is 25.5 Å². The van der Waals surface area contributed by atoms with Gasteiger partial charge < -0.3 is 10.6 Å². The molecular weight excluding hydrogens is 212 g/mol. The van der Waals surface area contributed by atoms with Crippen LogP contribution in [-0.2, 0) is 0 Å². The molecule has 15 heavy (non-hydrogen) atoms. The van der Waals surface area contributed by atoms with Gasteiger partial charge >= 0.3 is 0 Å². The summed E-state index contributed by atoms with van der Waals surface area (Å²) in [6.45, 7) is 0.344. The number of anilines is 1. The molecule has 0 aliphatic carbocycles. The number of carbonyl (C=O) groups excluding carboxylic acids is 1. The predicted molar refractivity (Wildman–Crippen MR) is 63.8 cm³/mol. The smallest absolute Gasteiger partial charge is 0.167 e. The van der Waals surface area contributed by atoms with Gasteiger partial charge in [0.25, 0.3) is 0 Å². The summed E-state index contributed by atoms with van der Waals surface area (Å²) < 4.78 is 0. The summed E-state index contributed by atoms with van der Waals surface area (Å²) in [6.07, 6.45) is 0.324. The second-order valence-corrected chi connectivity index (χ2v) is 3.90. The Labute approximate surface area is 94.8 Å². The van der Waals surface area contributed by atoms with Gasteiger partial charge in [-0.25, -0.2) is 0 Å². The summed E-state index contributed by atoms with van der Waals surface area (Å²) in [5, 5.41) is 0.486. The van der Waals surface area contributed by atoms with E-state index < -0.39 is 0 Å². The molecule has 0 aromatic heterocycles. The largest absolute Gasteiger partial charge is 0.377 e. The molecule has 4 heteroatoms. The lowest BCUT2D eigenvalue weighted by atomic mass is 10.1. The van der Waals surface area contributed by atoms with E-state index in [9.17, 15) is 4.79 Å². The van der Waals surface area contributed by atoms with Crippen LogP contribution in [0.5, 0.6) is 0 Å². The number of ketones is 1. The number of halogens is 1. The lowest BCUT2D eigenvalue weighted by Gasteiger charge is -2.17. The number of hydrogen-bond acceptors (Lipinski definition) is 3. The number of hydrogen-bond donors (Lipinski definition) is 1. The van der Waals surface area contributed by atoms with Crippen LogP contribution in [0.3, 0.4) is 0 Å². The van der Waals surface area contributed by atoms with Crippen molar-refractivity contribution in [1.29, 1.82) is 0 Å². The molecule has 0 saturated carbocycles. The molecule has 0 radical (unpaired) electrons. The fraction of sp³-hybridized carbons (Fsp3) is 0.364. The predicted octanol–water partition coefficient (Wildman–Crippen LogP) is 1.94. The molecule has 3 nitrogen and oxygen atoms in total. The third-order valence-electron chi connectivity index (χ3n) is 2.12. The summed E-state index contributed by atoms with van der Waals surface area (Å²) in [4.78, 5) is 13.7. The molecular formula is C11H15ClN2O. The molecule has 0 heterocycles. The maximum Gasteiger partial charge on any atom is 0.167 e. The molecule has 1 aromatic carbocycles. The van der Waals surface area contributed by atoms with Gasteiger partial charge in [-0.3, -0.25) is 4.79 Å². The van der Waals surface area contributed by atoms with Crippen LogP contribution < -0.4 is 10.6 Å². The Morgan fingerprint density at radius 3 is 2.67 bits per heavy atom. The topological polar surface area (TPSA) is 46.3 Å². The summed E-state index contributed by atoms with van der Waals surface area (Å²) >= 11 is 6.02. The highest BCUT2D eigenvalue weighted by molar-refractivity contribution is 6.34. The molecule has 2 N–H and O–H groups in total. The van der Waals surface area contributed by atoms with Crippen LogP contribution in [0.25, 0.3) is 0 Å². The third kappa shape index (κ3) is 2.70. The zero-order chi connectivity index (χ0) is 11.4. The fourth-order valence-electron chi connectivity index (χ4n) is 1.42. The van der Waals surface area contributed by atoms with E-state index in [1.807, 2.05) is 31.1 Å². The van der Waals surface area contributed by atoms with Crippen LogP contribution >= 0.6 is 11.6 Å². The Morgan fingerprint density at radius 2 is 2.13 bits per heavy atom. The van der Waals surface area contributed by atoms with E-state index in [4.69, 9.17) is 17.3 Å². The van der Waals surface area contributed by atoms with E-state index in [0.717, 1.165) is 5.69 Å². The normalized spacial score (nSPS) is 10.1. The highest BCUT2D eigenvalue weighted by Gasteiger charge is 2.15. The minimum Gasteiger partial charge on any atom is -0.377 e. The van der Waals surface area contributed by atoms with Crippen LogP contribution in [-0.4, -0.2) is 26.4 Å². The monoisotopic (exact) mass is 226 g/mol. The number of nitrogens with zero attached hydrogens (tertiary/aromatic N) is 1. The Kier molecular flexibility index (Phi) is 4.12. The van der Waals surface area contributed by atoms with Gasteiger partial charge in [0.1, 0.15) is 0 Å². The number of rotatable bonds is 4. The van der Waals surface area contributed by atoms with Crippen molar-refractivity contribution in [2.45, 2.75) is 6.42 Å². The molecule has 0 aliphatic rings. The summed E-state index contributed by atoms with van der Waals surface area (Å²) in [6, 6.07) is 5.42. The van der Waals surface area contributed by atoms with E-state index >= 15 is 0 Å². The summed E-state index contributed by atoms with van der Waals surface area (Å²) in [5.74, 6) is -0.00759. The number of benzene rings is 1. The van der Waals surface area contributed by atoms with Gasteiger partial charge in [-0.1, -0.05) is 17.7 Å². The first-order valence-corrected chi connectivity index (χ1v) is 5.14. The van der Waals surface area contributed by atoms with Crippen LogP contribution in [0.1, 0.15) is 16.8 Å². The molecule has 82 valence electrons. The zero-order valence-corrected chi connectivity index (χ0v) is 9.71. The second-order valence-electron chi connectivity index (χ2n) is 3.49. The van der Waals surface area contributed by atoms with E-state index in [0.29, 0.717) is 23.6 Å². The van der Waals surface area contributed by atoms with Crippen LogP contribution in [0, 0.1) is 0 Å². The Hall–Kier alpha value is -1.06. The molecule has 1 rings (SSSR count). The zero-order valence-electron chi connectivity index (χ0n) is 8.96. The minimum atomic E-state index is -0.00759. The third-order valence-corrected chi connectivity index (χ3v) is 2.44. The lowest BCUT2D eigenvalue weighted by molar-refractivity contribution is 0.0986. The van der Waals surface area contributed by atoms with Crippen LogP contribution in [0.15, 0.2) is 18.2 Å². The minimum absolute atomic E-state index is 0.00759. The standard InChI is InChI=1S/C11H15ClN2O/c1-14(2)9-5-3-4-8(12)11(9)10(15)6-7-13/h3-5H,6-7,13H2,1-2H3. The first-order chi connectivity index (χ1) is 7.07.